The lowest BCUT2D eigenvalue weighted by Crippen LogP contribution is -2.38. The minimum absolute atomic E-state index is 0.0498. The molecule has 4 heteroatoms. The SMILES string of the molecule is CCC.O=C(NC1CCc2cc(Br)ccc2C1)c1ccc(-c2ccc(F)cc2)cc1. The van der Waals surface area contributed by atoms with Crippen LogP contribution in [0.1, 0.15) is 48.2 Å². The smallest absolute Gasteiger partial charge is 0.251 e. The van der Waals surface area contributed by atoms with Crippen LogP contribution >= 0.6 is 15.9 Å². The molecule has 0 bridgehead atoms. The molecule has 2 nitrogen and oxygen atoms in total. The van der Waals surface area contributed by atoms with E-state index < -0.39 is 0 Å². The number of aryl methyl sites for hydroxylation is 1. The first kappa shape index (κ1) is 22.2. The van der Waals surface area contributed by atoms with E-state index in [0.717, 1.165) is 34.9 Å². The van der Waals surface area contributed by atoms with Crippen LogP contribution in [0.4, 0.5) is 4.39 Å². The molecule has 0 aromatic heterocycles. The molecule has 1 unspecified atom stereocenters. The van der Waals surface area contributed by atoms with Crippen LogP contribution in [0.25, 0.3) is 11.1 Å². The predicted molar refractivity (Wildman–Crippen MR) is 125 cm³/mol. The molecule has 30 heavy (non-hydrogen) atoms. The minimum Gasteiger partial charge on any atom is -0.349 e. The van der Waals surface area contributed by atoms with Gasteiger partial charge >= 0.3 is 0 Å². The Kier molecular flexibility index (Phi) is 7.81. The minimum atomic E-state index is -0.254. The summed E-state index contributed by atoms with van der Waals surface area (Å²) in [6.07, 6.45) is 4.04. The number of carbonyl (C=O) groups is 1. The molecule has 1 N–H and O–H groups in total. The standard InChI is InChI=1S/C23H19BrFNO.C3H8/c24-20-9-5-19-14-22(12-8-18(19)13-20)26-23(27)17-3-1-15(2-4-17)16-6-10-21(25)11-7-16;1-3-2/h1-7,9-11,13,22H,8,12,14H2,(H,26,27);3H2,1-2H3. The number of nitrogens with one attached hydrogen (secondary N) is 1. The molecular formula is C26H27BrFNO. The van der Waals surface area contributed by atoms with Crippen molar-refractivity contribution in [2.24, 2.45) is 0 Å². The Balaban J connectivity index is 0.000000806. The first-order chi connectivity index (χ1) is 14.5. The van der Waals surface area contributed by atoms with Crippen LogP contribution in [0.15, 0.2) is 71.2 Å². The first-order valence-corrected chi connectivity index (χ1v) is 11.2. The molecule has 4 rings (SSSR count). The van der Waals surface area contributed by atoms with Crippen molar-refractivity contribution >= 4 is 21.8 Å². The highest BCUT2D eigenvalue weighted by molar-refractivity contribution is 9.10. The molecule has 0 fully saturated rings. The molecule has 0 aliphatic heterocycles. The van der Waals surface area contributed by atoms with E-state index in [4.69, 9.17) is 0 Å². The second-order valence-corrected chi connectivity index (χ2v) is 8.53. The summed E-state index contributed by atoms with van der Waals surface area (Å²) in [5.74, 6) is -0.303. The van der Waals surface area contributed by atoms with E-state index in [0.29, 0.717) is 5.56 Å². The van der Waals surface area contributed by atoms with Crippen molar-refractivity contribution in [3.8, 4) is 11.1 Å². The van der Waals surface area contributed by atoms with Crippen molar-refractivity contribution in [2.75, 3.05) is 0 Å². The third kappa shape index (κ3) is 5.79. The molecule has 3 aromatic rings. The Bertz CT molecular complexity index is 983. The van der Waals surface area contributed by atoms with Gasteiger partial charge in [0, 0.05) is 16.1 Å². The van der Waals surface area contributed by atoms with E-state index in [2.05, 4.69) is 53.3 Å². The molecule has 156 valence electrons. The Labute approximate surface area is 186 Å². The van der Waals surface area contributed by atoms with Gasteiger partial charge in [0.15, 0.2) is 0 Å². The molecule has 0 radical (unpaired) electrons. The number of carbonyl (C=O) groups excluding carboxylic acids is 1. The van der Waals surface area contributed by atoms with Gasteiger partial charge in [0.1, 0.15) is 5.82 Å². The predicted octanol–water partition coefficient (Wildman–Crippen LogP) is 6.96. The quantitative estimate of drug-likeness (QED) is 0.443. The summed E-state index contributed by atoms with van der Waals surface area (Å²) in [4.78, 5) is 12.6. The molecule has 0 saturated carbocycles. The molecule has 1 aliphatic rings. The van der Waals surface area contributed by atoms with Crippen molar-refractivity contribution in [1.29, 1.82) is 0 Å². The lowest BCUT2D eigenvalue weighted by Gasteiger charge is -2.25. The summed E-state index contributed by atoms with van der Waals surface area (Å²) < 4.78 is 14.2. The first-order valence-electron chi connectivity index (χ1n) is 10.4. The van der Waals surface area contributed by atoms with Crippen molar-refractivity contribution in [2.45, 2.75) is 45.6 Å². The van der Waals surface area contributed by atoms with Crippen LogP contribution in [0.5, 0.6) is 0 Å². The maximum atomic E-state index is 13.1. The molecular weight excluding hydrogens is 441 g/mol. The molecule has 1 aliphatic carbocycles. The molecule has 0 spiro atoms. The van der Waals surface area contributed by atoms with Gasteiger partial charge in [0.25, 0.3) is 5.91 Å². The summed E-state index contributed by atoms with van der Waals surface area (Å²) in [7, 11) is 0. The van der Waals surface area contributed by atoms with Gasteiger partial charge in [-0.15, -0.1) is 0 Å². The van der Waals surface area contributed by atoms with Crippen LogP contribution < -0.4 is 5.32 Å². The van der Waals surface area contributed by atoms with Gasteiger partial charge < -0.3 is 5.32 Å². The van der Waals surface area contributed by atoms with Gasteiger partial charge in [-0.05, 0) is 77.9 Å². The zero-order valence-corrected chi connectivity index (χ0v) is 19.0. The molecule has 3 aromatic carbocycles. The largest absolute Gasteiger partial charge is 0.349 e. The summed E-state index contributed by atoms with van der Waals surface area (Å²) >= 11 is 3.51. The Morgan fingerprint density at radius 2 is 1.57 bits per heavy atom. The van der Waals surface area contributed by atoms with Crippen molar-refractivity contribution in [1.82, 2.24) is 5.32 Å². The van der Waals surface area contributed by atoms with E-state index in [1.807, 2.05) is 24.3 Å². The number of hydrogen-bond acceptors (Lipinski definition) is 1. The number of halogens is 2. The molecule has 0 heterocycles. The fourth-order valence-electron chi connectivity index (χ4n) is 3.57. The van der Waals surface area contributed by atoms with E-state index >= 15 is 0 Å². The maximum absolute atomic E-state index is 13.1. The van der Waals surface area contributed by atoms with Crippen LogP contribution in [0.2, 0.25) is 0 Å². The number of hydrogen-bond donors (Lipinski definition) is 1. The van der Waals surface area contributed by atoms with Gasteiger partial charge in [-0.25, -0.2) is 4.39 Å². The highest BCUT2D eigenvalue weighted by Crippen LogP contribution is 2.25. The number of fused-ring (bicyclic) bond motifs is 1. The van der Waals surface area contributed by atoms with E-state index in [1.54, 1.807) is 12.1 Å². The van der Waals surface area contributed by atoms with Crippen LogP contribution in [0, 0.1) is 5.82 Å². The fraction of sp³-hybridized carbons (Fsp3) is 0.269. The monoisotopic (exact) mass is 467 g/mol. The molecule has 1 amide bonds. The fourth-order valence-corrected chi connectivity index (χ4v) is 3.98. The van der Waals surface area contributed by atoms with Gasteiger partial charge in [0.05, 0.1) is 0 Å². The zero-order valence-electron chi connectivity index (χ0n) is 17.4. The average molecular weight is 468 g/mol. The second-order valence-electron chi connectivity index (χ2n) is 7.62. The lowest BCUT2D eigenvalue weighted by molar-refractivity contribution is 0.0933. The highest BCUT2D eigenvalue weighted by Gasteiger charge is 2.20. The normalized spacial score (nSPS) is 14.9. The van der Waals surface area contributed by atoms with E-state index in [9.17, 15) is 9.18 Å². The summed E-state index contributed by atoms with van der Waals surface area (Å²) in [6, 6.07) is 20.3. The van der Waals surface area contributed by atoms with Gasteiger partial charge in [-0.3, -0.25) is 4.79 Å². The Morgan fingerprint density at radius 1 is 0.967 bits per heavy atom. The topological polar surface area (TPSA) is 29.1 Å². The van der Waals surface area contributed by atoms with E-state index in [1.165, 1.54) is 29.7 Å². The Hall–Kier alpha value is -2.46. The van der Waals surface area contributed by atoms with Crippen molar-refractivity contribution < 1.29 is 9.18 Å². The maximum Gasteiger partial charge on any atom is 0.251 e. The summed E-state index contributed by atoms with van der Waals surface area (Å²) in [5, 5.41) is 3.16. The van der Waals surface area contributed by atoms with Crippen LogP contribution in [-0.4, -0.2) is 11.9 Å². The number of rotatable bonds is 3. The molecule has 1 atom stereocenters. The van der Waals surface area contributed by atoms with E-state index in [-0.39, 0.29) is 17.8 Å². The summed E-state index contributed by atoms with van der Waals surface area (Å²) in [5.41, 5.74) is 5.20. The number of benzene rings is 3. The Morgan fingerprint density at radius 3 is 2.20 bits per heavy atom. The third-order valence-electron chi connectivity index (χ3n) is 5.06. The lowest BCUT2D eigenvalue weighted by atomic mass is 9.88. The van der Waals surface area contributed by atoms with Gasteiger partial charge in [-0.1, -0.05) is 66.5 Å². The zero-order chi connectivity index (χ0) is 21.5. The van der Waals surface area contributed by atoms with Crippen LogP contribution in [0.3, 0.4) is 0 Å². The number of amides is 1. The second kappa shape index (κ2) is 10.5. The van der Waals surface area contributed by atoms with Crippen molar-refractivity contribution in [3.63, 3.8) is 0 Å². The van der Waals surface area contributed by atoms with Crippen molar-refractivity contribution in [3.05, 3.63) is 93.7 Å². The third-order valence-corrected chi connectivity index (χ3v) is 5.55. The average Bonchev–Trinajstić information content (AvgIpc) is 2.75. The van der Waals surface area contributed by atoms with Gasteiger partial charge in [-0.2, -0.15) is 0 Å². The van der Waals surface area contributed by atoms with Gasteiger partial charge in [0.2, 0.25) is 0 Å². The molecule has 0 saturated heterocycles. The highest BCUT2D eigenvalue weighted by atomic mass is 79.9. The summed E-state index contributed by atoms with van der Waals surface area (Å²) in [6.45, 7) is 4.25. The van der Waals surface area contributed by atoms with Crippen LogP contribution in [-0.2, 0) is 12.8 Å².